The normalized spacial score (nSPS) is 11.5. The molecule has 1 aromatic heterocycles. The second-order valence-electron chi connectivity index (χ2n) is 5.38. The summed E-state index contributed by atoms with van der Waals surface area (Å²) < 4.78 is 15.5. The van der Waals surface area contributed by atoms with Crippen LogP contribution in [0.15, 0.2) is 42.5 Å². The van der Waals surface area contributed by atoms with Gasteiger partial charge in [0, 0.05) is 11.8 Å². The molecule has 0 bridgehead atoms. The highest BCUT2D eigenvalue weighted by atomic mass is 35.5. The highest BCUT2D eigenvalue weighted by molar-refractivity contribution is 6.17. The van der Waals surface area contributed by atoms with Crippen molar-refractivity contribution in [3.05, 3.63) is 59.7 Å². The van der Waals surface area contributed by atoms with E-state index in [0.29, 0.717) is 5.92 Å². The van der Waals surface area contributed by atoms with Crippen LogP contribution in [0.5, 0.6) is 0 Å². The maximum atomic E-state index is 13.6. The van der Waals surface area contributed by atoms with Crippen molar-refractivity contribution in [2.75, 3.05) is 0 Å². The highest BCUT2D eigenvalue weighted by Gasteiger charge is 2.13. The molecule has 4 heteroatoms. The molecule has 21 heavy (non-hydrogen) atoms. The molecule has 0 aliphatic carbocycles. The first-order valence-corrected chi connectivity index (χ1v) is 7.47. The summed E-state index contributed by atoms with van der Waals surface area (Å²) in [4.78, 5) is 4.49. The Morgan fingerprint density at radius 1 is 1.19 bits per heavy atom. The smallest absolute Gasteiger partial charge is 0.129 e. The van der Waals surface area contributed by atoms with Crippen LogP contribution in [0.2, 0.25) is 0 Å². The molecule has 0 amide bonds. The van der Waals surface area contributed by atoms with E-state index < -0.39 is 0 Å². The average Bonchev–Trinajstić information content (AvgIpc) is 2.85. The Kier molecular flexibility index (Phi) is 3.68. The van der Waals surface area contributed by atoms with Gasteiger partial charge in [-0.15, -0.1) is 11.6 Å². The van der Waals surface area contributed by atoms with Crippen molar-refractivity contribution in [3.8, 4) is 5.69 Å². The van der Waals surface area contributed by atoms with Crippen LogP contribution >= 0.6 is 11.6 Å². The van der Waals surface area contributed by atoms with E-state index in [1.165, 1.54) is 17.7 Å². The molecule has 0 aliphatic heterocycles. The highest BCUT2D eigenvalue weighted by Crippen LogP contribution is 2.25. The Morgan fingerprint density at radius 2 is 2.00 bits per heavy atom. The van der Waals surface area contributed by atoms with E-state index in [0.717, 1.165) is 22.5 Å². The quantitative estimate of drug-likeness (QED) is 0.621. The van der Waals surface area contributed by atoms with Crippen molar-refractivity contribution in [2.24, 2.45) is 0 Å². The summed E-state index contributed by atoms with van der Waals surface area (Å²) in [5.74, 6) is 1.15. The summed E-state index contributed by atoms with van der Waals surface area (Å²) in [6.45, 7) is 4.29. The van der Waals surface area contributed by atoms with Gasteiger partial charge in [-0.3, -0.25) is 4.57 Å². The van der Waals surface area contributed by atoms with Gasteiger partial charge in [0.2, 0.25) is 0 Å². The monoisotopic (exact) mass is 302 g/mol. The molecular formula is C17H16ClFN2. The summed E-state index contributed by atoms with van der Waals surface area (Å²) in [5.41, 5.74) is 3.68. The van der Waals surface area contributed by atoms with Crippen LogP contribution in [-0.2, 0) is 5.88 Å². The number of benzene rings is 2. The fourth-order valence-corrected chi connectivity index (χ4v) is 2.68. The number of aromatic nitrogens is 2. The number of imidazole rings is 1. The van der Waals surface area contributed by atoms with E-state index in [1.54, 1.807) is 6.07 Å². The van der Waals surface area contributed by atoms with E-state index in [1.807, 2.05) is 16.7 Å². The van der Waals surface area contributed by atoms with Crippen LogP contribution in [0.3, 0.4) is 0 Å². The Bertz CT molecular complexity index is 793. The van der Waals surface area contributed by atoms with Crippen molar-refractivity contribution in [3.63, 3.8) is 0 Å². The van der Waals surface area contributed by atoms with E-state index >= 15 is 0 Å². The van der Waals surface area contributed by atoms with Gasteiger partial charge in [0.15, 0.2) is 0 Å². The first-order chi connectivity index (χ1) is 10.1. The lowest BCUT2D eigenvalue weighted by molar-refractivity contribution is 0.629. The number of hydrogen-bond donors (Lipinski definition) is 0. The Balaban J connectivity index is 2.27. The van der Waals surface area contributed by atoms with Crippen molar-refractivity contribution >= 4 is 22.6 Å². The molecule has 0 radical (unpaired) electrons. The van der Waals surface area contributed by atoms with Crippen LogP contribution < -0.4 is 0 Å². The van der Waals surface area contributed by atoms with Crippen LogP contribution in [0.4, 0.5) is 4.39 Å². The number of hydrogen-bond acceptors (Lipinski definition) is 1. The molecule has 0 saturated heterocycles. The first-order valence-electron chi connectivity index (χ1n) is 6.93. The van der Waals surface area contributed by atoms with Crippen LogP contribution in [-0.4, -0.2) is 9.55 Å². The van der Waals surface area contributed by atoms with E-state index in [4.69, 9.17) is 11.6 Å². The second-order valence-corrected chi connectivity index (χ2v) is 5.65. The topological polar surface area (TPSA) is 17.8 Å². The van der Waals surface area contributed by atoms with E-state index in [2.05, 4.69) is 31.0 Å². The predicted molar refractivity (Wildman–Crippen MR) is 84.7 cm³/mol. The number of rotatable bonds is 3. The summed E-state index contributed by atoms with van der Waals surface area (Å²) in [6.07, 6.45) is 0. The lowest BCUT2D eigenvalue weighted by atomic mass is 10.0. The molecule has 0 saturated carbocycles. The molecule has 2 nitrogen and oxygen atoms in total. The van der Waals surface area contributed by atoms with Gasteiger partial charge in [0.1, 0.15) is 11.6 Å². The predicted octanol–water partition coefficient (Wildman–Crippen LogP) is 5.03. The van der Waals surface area contributed by atoms with Crippen LogP contribution in [0.1, 0.15) is 31.2 Å². The minimum absolute atomic E-state index is 0.273. The fourth-order valence-electron chi connectivity index (χ4n) is 2.50. The Hall–Kier alpha value is -1.87. The number of halogens is 2. The van der Waals surface area contributed by atoms with Crippen molar-refractivity contribution < 1.29 is 4.39 Å². The fraction of sp³-hybridized carbons (Fsp3) is 0.235. The standard InChI is InChI=1S/C17H16ClFN2/c1-11(2)12-4-3-5-14(8-12)21-16-9-13(19)6-7-15(16)20-17(21)10-18/h3-9,11H,10H2,1-2H3. The lowest BCUT2D eigenvalue weighted by Crippen LogP contribution is -2.00. The Morgan fingerprint density at radius 3 is 2.71 bits per heavy atom. The molecule has 0 atom stereocenters. The SMILES string of the molecule is CC(C)c1cccc(-n2c(CCl)nc3ccc(F)cc32)c1. The third-order valence-electron chi connectivity index (χ3n) is 3.60. The van der Waals surface area contributed by atoms with Gasteiger partial charge >= 0.3 is 0 Å². The molecule has 0 aliphatic rings. The van der Waals surface area contributed by atoms with Crippen LogP contribution in [0, 0.1) is 5.82 Å². The molecular weight excluding hydrogens is 287 g/mol. The van der Waals surface area contributed by atoms with Crippen molar-refractivity contribution in [2.45, 2.75) is 25.6 Å². The van der Waals surface area contributed by atoms with Gasteiger partial charge in [-0.05, 0) is 35.7 Å². The third-order valence-corrected chi connectivity index (χ3v) is 3.84. The molecule has 3 rings (SSSR count). The Labute approximate surface area is 128 Å². The molecule has 0 N–H and O–H groups in total. The first kappa shape index (κ1) is 14.1. The van der Waals surface area contributed by atoms with Gasteiger partial charge in [0.25, 0.3) is 0 Å². The molecule has 1 heterocycles. The molecule has 3 aromatic rings. The summed E-state index contributed by atoms with van der Waals surface area (Å²) in [7, 11) is 0. The minimum Gasteiger partial charge on any atom is -0.295 e. The summed E-state index contributed by atoms with van der Waals surface area (Å²) >= 11 is 6.02. The third kappa shape index (κ3) is 2.54. The van der Waals surface area contributed by atoms with Gasteiger partial charge in [0.05, 0.1) is 16.9 Å². The summed E-state index contributed by atoms with van der Waals surface area (Å²) in [5, 5.41) is 0. The molecule has 0 unspecified atom stereocenters. The van der Waals surface area contributed by atoms with Crippen LogP contribution in [0.25, 0.3) is 16.7 Å². The van der Waals surface area contributed by atoms with Gasteiger partial charge < -0.3 is 0 Å². The van der Waals surface area contributed by atoms with Crippen molar-refractivity contribution in [1.29, 1.82) is 0 Å². The zero-order chi connectivity index (χ0) is 15.0. The number of fused-ring (bicyclic) bond motifs is 1. The minimum atomic E-state index is -0.273. The maximum Gasteiger partial charge on any atom is 0.129 e. The average molecular weight is 303 g/mol. The zero-order valence-corrected chi connectivity index (χ0v) is 12.7. The second kappa shape index (κ2) is 5.49. The molecule has 0 spiro atoms. The van der Waals surface area contributed by atoms with E-state index in [-0.39, 0.29) is 11.7 Å². The van der Waals surface area contributed by atoms with Gasteiger partial charge in [-0.25, -0.2) is 9.37 Å². The number of nitrogens with zero attached hydrogens (tertiary/aromatic N) is 2. The largest absolute Gasteiger partial charge is 0.295 e. The summed E-state index contributed by atoms with van der Waals surface area (Å²) in [6, 6.07) is 12.8. The molecule has 2 aromatic carbocycles. The number of alkyl halides is 1. The van der Waals surface area contributed by atoms with E-state index in [9.17, 15) is 4.39 Å². The lowest BCUT2D eigenvalue weighted by Gasteiger charge is -2.11. The van der Waals surface area contributed by atoms with Gasteiger partial charge in [-0.1, -0.05) is 26.0 Å². The molecule has 108 valence electrons. The van der Waals surface area contributed by atoms with Gasteiger partial charge in [-0.2, -0.15) is 0 Å². The van der Waals surface area contributed by atoms with Crippen molar-refractivity contribution in [1.82, 2.24) is 9.55 Å². The maximum absolute atomic E-state index is 13.6. The zero-order valence-electron chi connectivity index (χ0n) is 12.0. The molecule has 0 fully saturated rings.